The lowest BCUT2D eigenvalue weighted by Gasteiger charge is -2.19. The molecule has 0 aliphatic heterocycles. The van der Waals surface area contributed by atoms with E-state index in [-0.39, 0.29) is 5.41 Å². The van der Waals surface area contributed by atoms with Gasteiger partial charge in [0, 0.05) is 0 Å². The van der Waals surface area contributed by atoms with Crippen LogP contribution in [0, 0.1) is 5.92 Å². The van der Waals surface area contributed by atoms with E-state index in [1.807, 2.05) is 27.7 Å². The van der Waals surface area contributed by atoms with Gasteiger partial charge in [-0.05, 0) is 69.9 Å². The van der Waals surface area contributed by atoms with Crippen molar-refractivity contribution in [2.45, 2.75) is 93.9 Å². The van der Waals surface area contributed by atoms with Gasteiger partial charge in [0.1, 0.15) is 0 Å². The molecule has 0 radical (unpaired) electrons. The maximum absolute atomic E-state index is 3.76. The molecule has 0 nitrogen and oxygen atoms in total. The second-order valence-electron chi connectivity index (χ2n) is 8.96. The van der Waals surface area contributed by atoms with Crippen LogP contribution < -0.4 is 0 Å². The van der Waals surface area contributed by atoms with Crippen molar-refractivity contribution in [2.75, 3.05) is 0 Å². The van der Waals surface area contributed by atoms with Gasteiger partial charge in [-0.3, -0.25) is 0 Å². The molecule has 0 saturated carbocycles. The van der Waals surface area contributed by atoms with Gasteiger partial charge >= 0.3 is 0 Å². The van der Waals surface area contributed by atoms with Gasteiger partial charge in [-0.25, -0.2) is 0 Å². The largest absolute Gasteiger partial charge is 0.100 e. The fourth-order valence-electron chi connectivity index (χ4n) is 2.04. The highest BCUT2D eigenvalue weighted by Gasteiger charge is 2.12. The van der Waals surface area contributed by atoms with E-state index in [9.17, 15) is 0 Å². The molecule has 1 rings (SSSR count). The first-order valence-corrected chi connectivity index (χ1v) is 10.3. The van der Waals surface area contributed by atoms with Crippen molar-refractivity contribution in [3.05, 3.63) is 71.3 Å². The number of aryl methyl sites for hydroxylation is 1. The summed E-state index contributed by atoms with van der Waals surface area (Å²) in [6.07, 6.45) is 5.88. The minimum Gasteiger partial charge on any atom is -0.100 e. The first-order chi connectivity index (χ1) is 12.3. The molecule has 0 fully saturated rings. The van der Waals surface area contributed by atoms with E-state index >= 15 is 0 Å². The molecule has 0 bridgehead atoms. The van der Waals surface area contributed by atoms with Gasteiger partial charge in [-0.2, -0.15) is 0 Å². The van der Waals surface area contributed by atoms with Crippen molar-refractivity contribution in [3.8, 4) is 0 Å². The first kappa shape index (κ1) is 27.7. The lowest BCUT2D eigenvalue weighted by Crippen LogP contribution is -2.10. The Morgan fingerprint density at radius 2 is 1.44 bits per heavy atom. The molecule has 1 atom stereocenters. The van der Waals surface area contributed by atoms with E-state index in [0.29, 0.717) is 0 Å². The standard InChI is InChI=1S/C16H26.C7H12.C4H8/c1-6-13(2)7-8-14-9-11-15(12-10-14)16(3,4)5;1-5-7(4)6(2)3;1-4(2)3/h9-13H,6-8H2,1-5H3;5H,2H2,1,3-4H3;1H2,2-3H3/b;7-5+;. The Labute approximate surface area is 171 Å². The molecule has 0 amide bonds. The average molecular weight is 371 g/mol. The first-order valence-electron chi connectivity index (χ1n) is 10.3. The molecule has 0 aliphatic rings. The summed E-state index contributed by atoms with van der Waals surface area (Å²) in [5, 5.41) is 0. The molecule has 0 saturated heterocycles. The molecule has 0 aliphatic carbocycles. The van der Waals surface area contributed by atoms with Crippen molar-refractivity contribution in [3.63, 3.8) is 0 Å². The Kier molecular flexibility index (Phi) is 14.8. The summed E-state index contributed by atoms with van der Waals surface area (Å²) in [7, 11) is 0. The molecule has 27 heavy (non-hydrogen) atoms. The van der Waals surface area contributed by atoms with Gasteiger partial charge in [-0.15, -0.1) is 6.58 Å². The van der Waals surface area contributed by atoms with E-state index in [1.54, 1.807) is 0 Å². The lowest BCUT2D eigenvalue weighted by atomic mass is 9.86. The van der Waals surface area contributed by atoms with Gasteiger partial charge in [0.15, 0.2) is 0 Å². The van der Waals surface area contributed by atoms with E-state index in [0.717, 1.165) is 11.5 Å². The Hall–Kier alpha value is -1.56. The van der Waals surface area contributed by atoms with Crippen LogP contribution in [-0.4, -0.2) is 0 Å². The van der Waals surface area contributed by atoms with Gasteiger partial charge < -0.3 is 0 Å². The molecule has 0 N–H and O–H groups in total. The Balaban J connectivity index is 0. The average Bonchev–Trinajstić information content (AvgIpc) is 2.58. The molecule has 1 unspecified atom stereocenters. The van der Waals surface area contributed by atoms with Crippen molar-refractivity contribution < 1.29 is 0 Å². The minimum absolute atomic E-state index is 0.273. The second kappa shape index (κ2) is 14.5. The summed E-state index contributed by atoms with van der Waals surface area (Å²) in [6.45, 7) is 28.7. The number of hydrogen-bond donors (Lipinski definition) is 0. The smallest absolute Gasteiger partial charge is 0.0132 e. The predicted octanol–water partition coefficient (Wildman–Crippen LogP) is 9.07. The van der Waals surface area contributed by atoms with Gasteiger partial charge in [0.2, 0.25) is 0 Å². The highest BCUT2D eigenvalue weighted by Crippen LogP contribution is 2.23. The summed E-state index contributed by atoms with van der Waals surface area (Å²) in [5.41, 5.74) is 6.78. The normalized spacial score (nSPS) is 12.1. The molecule has 154 valence electrons. The summed E-state index contributed by atoms with van der Waals surface area (Å²) in [5.74, 6) is 0.849. The third kappa shape index (κ3) is 16.3. The van der Waals surface area contributed by atoms with Crippen LogP contribution in [0.5, 0.6) is 0 Å². The summed E-state index contributed by atoms with van der Waals surface area (Å²) in [4.78, 5) is 0. The van der Waals surface area contributed by atoms with Gasteiger partial charge in [-0.1, -0.05) is 94.7 Å². The number of benzene rings is 1. The van der Waals surface area contributed by atoms with E-state index < -0.39 is 0 Å². The van der Waals surface area contributed by atoms with Crippen LogP contribution in [-0.2, 0) is 11.8 Å². The number of rotatable bonds is 5. The summed E-state index contributed by atoms with van der Waals surface area (Å²) >= 11 is 0. The molecule has 1 aromatic rings. The van der Waals surface area contributed by atoms with Crippen molar-refractivity contribution in [1.82, 2.24) is 0 Å². The highest BCUT2D eigenvalue weighted by atomic mass is 14.2. The minimum atomic E-state index is 0.273. The van der Waals surface area contributed by atoms with Crippen LogP contribution >= 0.6 is 0 Å². The van der Waals surface area contributed by atoms with Gasteiger partial charge in [0.25, 0.3) is 0 Å². The van der Waals surface area contributed by atoms with Crippen LogP contribution in [0.1, 0.15) is 93.2 Å². The number of hydrogen-bond acceptors (Lipinski definition) is 0. The molecule has 0 spiro atoms. The third-order valence-electron chi connectivity index (χ3n) is 4.55. The van der Waals surface area contributed by atoms with Crippen molar-refractivity contribution in [2.24, 2.45) is 5.92 Å². The van der Waals surface area contributed by atoms with Crippen LogP contribution in [0.2, 0.25) is 0 Å². The van der Waals surface area contributed by atoms with E-state index in [2.05, 4.69) is 85.0 Å². The fraction of sp³-hybridized carbons (Fsp3) is 0.556. The van der Waals surface area contributed by atoms with E-state index in [4.69, 9.17) is 0 Å². The quantitative estimate of drug-likeness (QED) is 0.358. The zero-order valence-corrected chi connectivity index (χ0v) is 20.0. The number of allylic oxidation sites excluding steroid dienone is 4. The Bertz CT molecular complexity index is 557. The molecular formula is C27H46. The molecule has 0 aromatic heterocycles. The monoisotopic (exact) mass is 370 g/mol. The van der Waals surface area contributed by atoms with E-state index in [1.165, 1.54) is 41.5 Å². The molecular weight excluding hydrogens is 324 g/mol. The van der Waals surface area contributed by atoms with Crippen molar-refractivity contribution in [1.29, 1.82) is 0 Å². The fourth-order valence-corrected chi connectivity index (χ4v) is 2.04. The Morgan fingerprint density at radius 1 is 1.00 bits per heavy atom. The zero-order chi connectivity index (χ0) is 21.6. The van der Waals surface area contributed by atoms with Crippen molar-refractivity contribution >= 4 is 0 Å². The molecule has 0 heteroatoms. The summed E-state index contributed by atoms with van der Waals surface area (Å²) in [6, 6.07) is 9.16. The topological polar surface area (TPSA) is 0 Å². The Morgan fingerprint density at radius 3 is 1.70 bits per heavy atom. The third-order valence-corrected chi connectivity index (χ3v) is 4.55. The maximum atomic E-state index is 3.76. The van der Waals surface area contributed by atoms with Crippen LogP contribution in [0.15, 0.2) is 60.2 Å². The second-order valence-corrected chi connectivity index (χ2v) is 8.96. The SMILES string of the molecule is C=C(C)/C(C)=C/C.C=C(C)C.CCC(C)CCc1ccc(C(C)(C)C)cc1. The van der Waals surface area contributed by atoms with Crippen LogP contribution in [0.4, 0.5) is 0 Å². The lowest BCUT2D eigenvalue weighted by molar-refractivity contribution is 0.516. The van der Waals surface area contributed by atoms with Crippen LogP contribution in [0.25, 0.3) is 0 Å². The predicted molar refractivity (Wildman–Crippen MR) is 128 cm³/mol. The zero-order valence-electron chi connectivity index (χ0n) is 20.0. The highest BCUT2D eigenvalue weighted by molar-refractivity contribution is 5.27. The molecule has 1 aromatic carbocycles. The maximum Gasteiger partial charge on any atom is -0.0132 e. The summed E-state index contributed by atoms with van der Waals surface area (Å²) < 4.78 is 0. The molecule has 0 heterocycles. The van der Waals surface area contributed by atoms with Crippen LogP contribution in [0.3, 0.4) is 0 Å². The van der Waals surface area contributed by atoms with Gasteiger partial charge in [0.05, 0.1) is 0 Å².